The zero-order chi connectivity index (χ0) is 15.2. The average Bonchev–Trinajstić information content (AvgIpc) is 2.53. The maximum Gasteiger partial charge on any atom is 0.241 e. The predicted molar refractivity (Wildman–Crippen MR) is 86.0 cm³/mol. The largest absolute Gasteiger partial charge is 0.378 e. The third kappa shape index (κ3) is 4.07. The third-order valence-electron chi connectivity index (χ3n) is 3.36. The second-order valence-electron chi connectivity index (χ2n) is 5.17. The summed E-state index contributed by atoms with van der Waals surface area (Å²) in [6, 6.07) is 16.8. The summed E-state index contributed by atoms with van der Waals surface area (Å²) in [7, 11) is 3.99. The van der Waals surface area contributed by atoms with Crippen molar-refractivity contribution in [1.82, 2.24) is 5.32 Å². The van der Waals surface area contributed by atoms with E-state index in [-0.39, 0.29) is 5.91 Å². The van der Waals surface area contributed by atoms with Crippen LogP contribution in [-0.4, -0.2) is 20.0 Å². The van der Waals surface area contributed by atoms with Gasteiger partial charge in [-0.2, -0.15) is 0 Å². The minimum absolute atomic E-state index is 0.169. The number of carbonyl (C=O) groups is 1. The van der Waals surface area contributed by atoms with E-state index in [1.165, 1.54) is 0 Å². The molecule has 0 saturated heterocycles. The molecule has 0 unspecified atom stereocenters. The molecule has 2 aromatic rings. The lowest BCUT2D eigenvalue weighted by Gasteiger charge is -2.14. The lowest BCUT2D eigenvalue weighted by Crippen LogP contribution is -2.33. The van der Waals surface area contributed by atoms with E-state index < -0.39 is 6.04 Å². The summed E-state index contributed by atoms with van der Waals surface area (Å²) < 4.78 is 0. The normalized spacial score (nSPS) is 11.8. The van der Waals surface area contributed by atoms with Gasteiger partial charge in [0.05, 0.1) is 0 Å². The standard InChI is InChI=1S/C17H21N3O/c1-20(2)15-10-8-13(9-11-15)12-19-17(21)16(18)14-6-4-3-5-7-14/h3-11,16H,12,18H2,1-2H3,(H,19,21)/t16-/m0/s1. The number of anilines is 1. The van der Waals surface area contributed by atoms with Gasteiger partial charge in [-0.15, -0.1) is 0 Å². The van der Waals surface area contributed by atoms with Crippen molar-refractivity contribution < 1.29 is 4.79 Å². The van der Waals surface area contributed by atoms with Crippen LogP contribution in [0.2, 0.25) is 0 Å². The van der Waals surface area contributed by atoms with Gasteiger partial charge in [0.25, 0.3) is 0 Å². The molecule has 0 saturated carbocycles. The molecule has 0 spiro atoms. The quantitative estimate of drug-likeness (QED) is 0.883. The SMILES string of the molecule is CN(C)c1ccc(CNC(=O)[C@@H](N)c2ccccc2)cc1. The van der Waals surface area contributed by atoms with Crippen molar-refractivity contribution in [2.24, 2.45) is 5.73 Å². The molecule has 0 fully saturated rings. The molecule has 1 amide bonds. The fourth-order valence-corrected chi connectivity index (χ4v) is 2.02. The first-order valence-corrected chi connectivity index (χ1v) is 6.92. The Hall–Kier alpha value is -2.33. The third-order valence-corrected chi connectivity index (χ3v) is 3.36. The molecule has 0 aliphatic carbocycles. The van der Waals surface area contributed by atoms with Gasteiger partial charge in [0.15, 0.2) is 0 Å². The van der Waals surface area contributed by atoms with Crippen molar-refractivity contribution in [3.8, 4) is 0 Å². The van der Waals surface area contributed by atoms with Crippen molar-refractivity contribution >= 4 is 11.6 Å². The predicted octanol–water partition coefficient (Wildman–Crippen LogP) is 2.07. The summed E-state index contributed by atoms with van der Waals surface area (Å²) in [5.74, 6) is -0.169. The Balaban J connectivity index is 1.92. The van der Waals surface area contributed by atoms with Crippen LogP contribution in [0, 0.1) is 0 Å². The Labute approximate surface area is 125 Å². The molecule has 0 radical (unpaired) electrons. The van der Waals surface area contributed by atoms with Gasteiger partial charge in [-0.25, -0.2) is 0 Å². The van der Waals surface area contributed by atoms with E-state index in [1.807, 2.05) is 73.6 Å². The van der Waals surface area contributed by atoms with Crippen LogP contribution >= 0.6 is 0 Å². The molecular formula is C17H21N3O. The average molecular weight is 283 g/mol. The highest BCUT2D eigenvalue weighted by molar-refractivity contribution is 5.82. The topological polar surface area (TPSA) is 58.4 Å². The second kappa shape index (κ2) is 6.90. The Bertz CT molecular complexity index is 579. The van der Waals surface area contributed by atoms with Gasteiger partial charge in [0.1, 0.15) is 6.04 Å². The monoisotopic (exact) mass is 283 g/mol. The van der Waals surface area contributed by atoms with Crippen LogP contribution in [0.1, 0.15) is 17.2 Å². The van der Waals surface area contributed by atoms with Crippen molar-refractivity contribution in [3.05, 3.63) is 65.7 Å². The van der Waals surface area contributed by atoms with E-state index in [9.17, 15) is 4.79 Å². The number of nitrogens with two attached hydrogens (primary N) is 1. The van der Waals surface area contributed by atoms with Crippen LogP contribution in [-0.2, 0) is 11.3 Å². The Morgan fingerprint density at radius 3 is 2.29 bits per heavy atom. The molecule has 2 aromatic carbocycles. The van der Waals surface area contributed by atoms with E-state index in [4.69, 9.17) is 5.73 Å². The fourth-order valence-electron chi connectivity index (χ4n) is 2.02. The van der Waals surface area contributed by atoms with E-state index in [0.29, 0.717) is 6.54 Å². The van der Waals surface area contributed by atoms with Gasteiger partial charge in [-0.05, 0) is 23.3 Å². The lowest BCUT2D eigenvalue weighted by atomic mass is 10.1. The number of nitrogens with zero attached hydrogens (tertiary/aromatic N) is 1. The highest BCUT2D eigenvalue weighted by atomic mass is 16.2. The van der Waals surface area contributed by atoms with Crippen LogP contribution in [0.25, 0.3) is 0 Å². The molecule has 21 heavy (non-hydrogen) atoms. The van der Waals surface area contributed by atoms with E-state index in [1.54, 1.807) is 0 Å². The molecule has 0 bridgehead atoms. The molecule has 2 rings (SSSR count). The van der Waals surface area contributed by atoms with E-state index in [0.717, 1.165) is 16.8 Å². The van der Waals surface area contributed by atoms with E-state index in [2.05, 4.69) is 5.32 Å². The maximum atomic E-state index is 12.0. The van der Waals surface area contributed by atoms with Crippen molar-refractivity contribution in [1.29, 1.82) is 0 Å². The van der Waals surface area contributed by atoms with Crippen LogP contribution < -0.4 is 16.0 Å². The van der Waals surface area contributed by atoms with E-state index >= 15 is 0 Å². The Kier molecular flexibility index (Phi) is 4.95. The zero-order valence-corrected chi connectivity index (χ0v) is 12.4. The molecule has 3 N–H and O–H groups in total. The molecule has 4 heteroatoms. The Morgan fingerprint density at radius 2 is 1.71 bits per heavy atom. The smallest absolute Gasteiger partial charge is 0.241 e. The number of nitrogens with one attached hydrogen (secondary N) is 1. The van der Waals surface area contributed by atoms with Crippen molar-refractivity contribution in [2.45, 2.75) is 12.6 Å². The number of hydrogen-bond acceptors (Lipinski definition) is 3. The van der Waals surface area contributed by atoms with Gasteiger partial charge in [-0.3, -0.25) is 4.79 Å². The summed E-state index contributed by atoms with van der Waals surface area (Å²) in [4.78, 5) is 14.1. The lowest BCUT2D eigenvalue weighted by molar-refractivity contribution is -0.122. The minimum Gasteiger partial charge on any atom is -0.378 e. The number of hydrogen-bond donors (Lipinski definition) is 2. The van der Waals surface area contributed by atoms with Gasteiger partial charge in [-0.1, -0.05) is 42.5 Å². The zero-order valence-electron chi connectivity index (χ0n) is 12.4. The molecule has 1 atom stereocenters. The summed E-state index contributed by atoms with van der Waals surface area (Å²) in [6.07, 6.45) is 0. The molecule has 0 aromatic heterocycles. The minimum atomic E-state index is -0.632. The summed E-state index contributed by atoms with van der Waals surface area (Å²) >= 11 is 0. The first-order chi connectivity index (χ1) is 10.1. The van der Waals surface area contributed by atoms with Gasteiger partial charge >= 0.3 is 0 Å². The molecule has 0 aliphatic rings. The van der Waals surface area contributed by atoms with Crippen LogP contribution in [0.5, 0.6) is 0 Å². The van der Waals surface area contributed by atoms with Crippen LogP contribution in [0.3, 0.4) is 0 Å². The highest BCUT2D eigenvalue weighted by Gasteiger charge is 2.14. The number of rotatable bonds is 5. The molecule has 0 heterocycles. The van der Waals surface area contributed by atoms with Crippen molar-refractivity contribution in [3.63, 3.8) is 0 Å². The molecular weight excluding hydrogens is 262 g/mol. The number of carbonyl (C=O) groups excluding carboxylic acids is 1. The van der Waals surface area contributed by atoms with Crippen molar-refractivity contribution in [2.75, 3.05) is 19.0 Å². The maximum absolute atomic E-state index is 12.0. The second-order valence-corrected chi connectivity index (χ2v) is 5.17. The van der Waals surface area contributed by atoms with Crippen LogP contribution in [0.15, 0.2) is 54.6 Å². The van der Waals surface area contributed by atoms with Crippen LogP contribution in [0.4, 0.5) is 5.69 Å². The molecule has 110 valence electrons. The first-order valence-electron chi connectivity index (χ1n) is 6.92. The summed E-state index contributed by atoms with van der Waals surface area (Å²) in [5, 5.41) is 2.87. The fraction of sp³-hybridized carbons (Fsp3) is 0.235. The summed E-state index contributed by atoms with van der Waals surface area (Å²) in [6.45, 7) is 0.479. The molecule has 0 aliphatic heterocycles. The Morgan fingerprint density at radius 1 is 1.10 bits per heavy atom. The number of benzene rings is 2. The van der Waals surface area contributed by atoms with Gasteiger partial charge in [0, 0.05) is 26.3 Å². The number of amides is 1. The molecule has 4 nitrogen and oxygen atoms in total. The highest BCUT2D eigenvalue weighted by Crippen LogP contribution is 2.13. The first kappa shape index (κ1) is 15.1. The van der Waals surface area contributed by atoms with Gasteiger partial charge < -0.3 is 16.0 Å². The summed E-state index contributed by atoms with van der Waals surface area (Å²) in [5.41, 5.74) is 8.95. The van der Waals surface area contributed by atoms with Gasteiger partial charge in [0.2, 0.25) is 5.91 Å².